The number of thiocarbonyl (C=S) groups is 1. The molecule has 1 saturated heterocycles. The lowest BCUT2D eigenvalue weighted by atomic mass is 9.83. The van der Waals surface area contributed by atoms with E-state index in [1.54, 1.807) is 0 Å². The second-order valence-electron chi connectivity index (χ2n) is 9.95. The summed E-state index contributed by atoms with van der Waals surface area (Å²) in [4.78, 5) is 3.42. The van der Waals surface area contributed by atoms with Crippen LogP contribution in [0.4, 0.5) is 0 Å². The van der Waals surface area contributed by atoms with Gasteiger partial charge in [0.25, 0.3) is 0 Å². The molecule has 0 aliphatic carbocycles. The fraction of sp³-hybridized carbons (Fsp3) is 0.621. The first-order valence-corrected chi connectivity index (χ1v) is 13.3. The molecule has 0 aromatic heterocycles. The highest BCUT2D eigenvalue weighted by molar-refractivity contribution is 7.80. The Kier molecular flexibility index (Phi) is 11.6. The molecule has 33 heavy (non-hydrogen) atoms. The number of nitrogens with zero attached hydrogens (tertiary/aromatic N) is 1. The highest BCUT2D eigenvalue weighted by Gasteiger charge is 2.18. The van der Waals surface area contributed by atoms with Gasteiger partial charge in [0.05, 0.1) is 4.99 Å². The van der Waals surface area contributed by atoms with E-state index in [0.717, 1.165) is 36.5 Å². The first-order chi connectivity index (χ1) is 15.7. The normalized spacial score (nSPS) is 16.2. The molecule has 2 N–H and O–H groups in total. The summed E-state index contributed by atoms with van der Waals surface area (Å²) < 4.78 is 0. The van der Waals surface area contributed by atoms with E-state index in [2.05, 4.69) is 68.9 Å². The summed E-state index contributed by atoms with van der Waals surface area (Å²) >= 11 is 5.42. The van der Waals surface area contributed by atoms with Gasteiger partial charge in [0, 0.05) is 24.4 Å². The van der Waals surface area contributed by atoms with Gasteiger partial charge in [-0.15, -0.1) is 0 Å². The molecule has 0 amide bonds. The van der Waals surface area contributed by atoms with Crippen LogP contribution in [0.2, 0.25) is 0 Å². The molecule has 0 unspecified atom stereocenters. The van der Waals surface area contributed by atoms with Crippen molar-refractivity contribution in [3.8, 4) is 0 Å². The van der Waals surface area contributed by atoms with Gasteiger partial charge < -0.3 is 15.5 Å². The zero-order valence-electron chi connectivity index (χ0n) is 22.1. The zero-order valence-corrected chi connectivity index (χ0v) is 22.9. The summed E-state index contributed by atoms with van der Waals surface area (Å²) in [5, 5.41) is 7.04. The van der Waals surface area contributed by atoms with Gasteiger partial charge in [0.2, 0.25) is 0 Å². The molecular weight excluding hydrogens is 422 g/mol. The Hall–Kier alpha value is -1.65. The van der Waals surface area contributed by atoms with Crippen LogP contribution in [0.1, 0.15) is 93.9 Å². The van der Waals surface area contributed by atoms with E-state index in [1.165, 1.54) is 78.8 Å². The quantitative estimate of drug-likeness (QED) is 0.253. The Morgan fingerprint density at radius 2 is 1.76 bits per heavy atom. The summed E-state index contributed by atoms with van der Waals surface area (Å²) in [6, 6.07) is 4.52. The summed E-state index contributed by atoms with van der Waals surface area (Å²) in [7, 11) is 0. The highest BCUT2D eigenvalue weighted by Crippen LogP contribution is 2.34. The van der Waals surface area contributed by atoms with Gasteiger partial charge in [0.1, 0.15) is 0 Å². The molecule has 3 nitrogen and oxygen atoms in total. The molecular formula is C29H47N3S. The number of nitrogens with one attached hydrogen (secondary N) is 2. The minimum absolute atomic E-state index is 0.512. The molecule has 0 radical (unpaired) electrons. The number of hydrogen-bond acceptors (Lipinski definition) is 3. The molecule has 1 aliphatic rings. The van der Waals surface area contributed by atoms with Crippen molar-refractivity contribution in [2.24, 2.45) is 0 Å². The summed E-state index contributed by atoms with van der Waals surface area (Å²) in [5.74, 6) is 0.512. The Morgan fingerprint density at radius 1 is 1.09 bits per heavy atom. The zero-order chi connectivity index (χ0) is 24.4. The number of allylic oxidation sites excluding steroid dienone is 1. The van der Waals surface area contributed by atoms with E-state index in [9.17, 15) is 0 Å². The molecule has 1 aliphatic heterocycles. The molecule has 1 fully saturated rings. The number of likely N-dealkylation sites (tertiary alicyclic amines) is 1. The van der Waals surface area contributed by atoms with Crippen LogP contribution in [0.15, 0.2) is 35.7 Å². The van der Waals surface area contributed by atoms with E-state index in [1.807, 2.05) is 6.92 Å². The molecule has 0 spiro atoms. The average Bonchev–Trinajstić information content (AvgIpc) is 2.78. The van der Waals surface area contributed by atoms with Gasteiger partial charge in [-0.1, -0.05) is 49.8 Å². The van der Waals surface area contributed by atoms with Crippen molar-refractivity contribution in [1.29, 1.82) is 0 Å². The predicted octanol–water partition coefficient (Wildman–Crippen LogP) is 7.08. The molecule has 4 heteroatoms. The van der Waals surface area contributed by atoms with E-state index in [-0.39, 0.29) is 0 Å². The summed E-state index contributed by atoms with van der Waals surface area (Å²) in [6.45, 7) is 22.3. The van der Waals surface area contributed by atoms with E-state index in [4.69, 9.17) is 12.2 Å². The van der Waals surface area contributed by atoms with Gasteiger partial charge in [-0.05, 0) is 115 Å². The van der Waals surface area contributed by atoms with Gasteiger partial charge in [-0.25, -0.2) is 0 Å². The molecule has 1 atom stereocenters. The number of benzene rings is 1. The number of hydrogen-bond donors (Lipinski definition) is 2. The standard InChI is InChI=1S/C29H47N3S/c1-8-27(29-22(3)14-13-21(2)25(29)6)19-23(4)28(31-26(7)33)20-24(5)30-15-12-18-32-16-10-9-11-17-32/h13-14,27,30H,5,8-12,15-20H2,1-4,6-7H3,(H,31,33)/b28-23+/t27-/m0/s1. The Morgan fingerprint density at radius 3 is 2.39 bits per heavy atom. The van der Waals surface area contributed by atoms with Crippen LogP contribution < -0.4 is 10.6 Å². The van der Waals surface area contributed by atoms with Gasteiger partial charge >= 0.3 is 0 Å². The number of rotatable bonds is 12. The van der Waals surface area contributed by atoms with Crippen molar-refractivity contribution in [1.82, 2.24) is 15.5 Å². The topological polar surface area (TPSA) is 27.3 Å². The smallest absolute Gasteiger partial charge is 0.0763 e. The van der Waals surface area contributed by atoms with Crippen molar-refractivity contribution < 1.29 is 0 Å². The first kappa shape index (κ1) is 27.6. The maximum Gasteiger partial charge on any atom is 0.0763 e. The van der Waals surface area contributed by atoms with E-state index in [0.29, 0.717) is 5.92 Å². The third kappa shape index (κ3) is 8.90. The van der Waals surface area contributed by atoms with Crippen molar-refractivity contribution in [3.05, 3.63) is 57.9 Å². The Bertz CT molecular complexity index is 834. The summed E-state index contributed by atoms with van der Waals surface area (Å²) in [6.07, 6.45) is 8.24. The predicted molar refractivity (Wildman–Crippen MR) is 149 cm³/mol. The first-order valence-electron chi connectivity index (χ1n) is 12.9. The van der Waals surface area contributed by atoms with Crippen LogP contribution in [0.3, 0.4) is 0 Å². The van der Waals surface area contributed by atoms with Crippen molar-refractivity contribution in [2.75, 3.05) is 26.2 Å². The average molecular weight is 470 g/mol. The van der Waals surface area contributed by atoms with Crippen LogP contribution in [-0.4, -0.2) is 36.1 Å². The van der Waals surface area contributed by atoms with Crippen LogP contribution in [-0.2, 0) is 0 Å². The minimum atomic E-state index is 0.512. The number of aryl methyl sites for hydroxylation is 2. The van der Waals surface area contributed by atoms with Crippen molar-refractivity contribution >= 4 is 17.2 Å². The fourth-order valence-electron chi connectivity index (χ4n) is 5.09. The van der Waals surface area contributed by atoms with Gasteiger partial charge in [-0.3, -0.25) is 0 Å². The second kappa shape index (κ2) is 13.9. The third-order valence-corrected chi connectivity index (χ3v) is 7.27. The van der Waals surface area contributed by atoms with Crippen molar-refractivity contribution in [2.45, 2.75) is 92.4 Å². The van der Waals surface area contributed by atoms with Crippen LogP contribution in [0.5, 0.6) is 0 Å². The minimum Gasteiger partial charge on any atom is -0.388 e. The maximum absolute atomic E-state index is 5.42. The Labute approximate surface area is 209 Å². The molecule has 1 aromatic carbocycles. The van der Waals surface area contributed by atoms with Crippen molar-refractivity contribution in [3.63, 3.8) is 0 Å². The number of piperidine rings is 1. The SMILES string of the molecule is C=C(C/C(NC(C)=S)=C(/C)C[C@H](CC)c1c(C)ccc(C)c1C)NCCCN1CCCCC1. The van der Waals surface area contributed by atoms with E-state index >= 15 is 0 Å². The fourth-order valence-corrected chi connectivity index (χ4v) is 5.21. The summed E-state index contributed by atoms with van der Waals surface area (Å²) in [5.41, 5.74) is 9.40. The lowest BCUT2D eigenvalue weighted by Crippen LogP contribution is -2.32. The lowest BCUT2D eigenvalue weighted by Gasteiger charge is -2.26. The van der Waals surface area contributed by atoms with Crippen LogP contribution in [0.25, 0.3) is 0 Å². The molecule has 2 rings (SSSR count). The second-order valence-corrected chi connectivity index (χ2v) is 10.6. The molecule has 1 aromatic rings. The monoisotopic (exact) mass is 469 g/mol. The third-order valence-electron chi connectivity index (χ3n) is 7.16. The largest absolute Gasteiger partial charge is 0.388 e. The lowest BCUT2D eigenvalue weighted by molar-refractivity contribution is 0.226. The molecule has 1 heterocycles. The Balaban J connectivity index is 2.02. The van der Waals surface area contributed by atoms with Gasteiger partial charge in [0.15, 0.2) is 0 Å². The maximum atomic E-state index is 5.42. The molecule has 0 saturated carbocycles. The molecule has 184 valence electrons. The van der Waals surface area contributed by atoms with E-state index < -0.39 is 0 Å². The van der Waals surface area contributed by atoms with Crippen LogP contribution >= 0.6 is 12.2 Å². The molecule has 0 bridgehead atoms. The highest BCUT2D eigenvalue weighted by atomic mass is 32.1. The van der Waals surface area contributed by atoms with Crippen LogP contribution in [0, 0.1) is 20.8 Å². The van der Waals surface area contributed by atoms with Gasteiger partial charge in [-0.2, -0.15) is 0 Å².